The molecule has 74 valence electrons. The van der Waals surface area contributed by atoms with Crippen LogP contribution in [0.4, 0.5) is 0 Å². The van der Waals surface area contributed by atoms with Gasteiger partial charge in [-0.1, -0.05) is 6.92 Å². The lowest BCUT2D eigenvalue weighted by Crippen LogP contribution is -1.97. The van der Waals surface area contributed by atoms with E-state index < -0.39 is 0 Å². The molecule has 3 nitrogen and oxygen atoms in total. The average molecular weight is 191 g/mol. The third kappa shape index (κ3) is 1.64. The molecule has 0 aliphatic rings. The van der Waals surface area contributed by atoms with Crippen molar-refractivity contribution in [3.8, 4) is 17.6 Å². The Labute approximate surface area is 83.9 Å². The minimum absolute atomic E-state index is 0.644. The summed E-state index contributed by atoms with van der Waals surface area (Å²) in [5.41, 5.74) is 1.54. The van der Waals surface area contributed by atoms with Gasteiger partial charge in [-0.2, -0.15) is 5.26 Å². The van der Waals surface area contributed by atoms with Crippen molar-refractivity contribution in [2.45, 2.75) is 13.3 Å². The van der Waals surface area contributed by atoms with Crippen LogP contribution in [0.5, 0.6) is 11.5 Å². The van der Waals surface area contributed by atoms with E-state index in [1.807, 2.05) is 6.92 Å². The van der Waals surface area contributed by atoms with Crippen molar-refractivity contribution in [1.29, 1.82) is 5.26 Å². The lowest BCUT2D eigenvalue weighted by Gasteiger charge is -2.12. The van der Waals surface area contributed by atoms with E-state index in [-0.39, 0.29) is 0 Å². The Bertz CT molecular complexity index is 366. The van der Waals surface area contributed by atoms with Gasteiger partial charge in [0.1, 0.15) is 0 Å². The van der Waals surface area contributed by atoms with Crippen molar-refractivity contribution in [2.75, 3.05) is 14.2 Å². The Morgan fingerprint density at radius 1 is 1.29 bits per heavy atom. The van der Waals surface area contributed by atoms with Crippen molar-refractivity contribution >= 4 is 0 Å². The zero-order chi connectivity index (χ0) is 10.6. The Morgan fingerprint density at radius 3 is 2.43 bits per heavy atom. The van der Waals surface area contributed by atoms with Gasteiger partial charge < -0.3 is 9.47 Å². The molecule has 0 unspecified atom stereocenters. The van der Waals surface area contributed by atoms with Crippen LogP contribution in [0, 0.1) is 11.3 Å². The summed E-state index contributed by atoms with van der Waals surface area (Å²) in [4.78, 5) is 0. The van der Waals surface area contributed by atoms with Crippen molar-refractivity contribution in [3.05, 3.63) is 23.3 Å². The van der Waals surface area contributed by atoms with E-state index in [2.05, 4.69) is 6.07 Å². The van der Waals surface area contributed by atoms with Gasteiger partial charge in [-0.3, -0.25) is 0 Å². The van der Waals surface area contributed by atoms with Gasteiger partial charge in [0.15, 0.2) is 11.5 Å². The fourth-order valence-electron chi connectivity index (χ4n) is 1.45. The minimum Gasteiger partial charge on any atom is -0.493 e. The highest BCUT2D eigenvalue weighted by Crippen LogP contribution is 2.33. The highest BCUT2D eigenvalue weighted by molar-refractivity contribution is 5.54. The molecule has 0 spiro atoms. The summed E-state index contributed by atoms with van der Waals surface area (Å²) in [5.74, 6) is 1.33. The molecule has 1 aromatic carbocycles. The fraction of sp³-hybridized carbons (Fsp3) is 0.364. The number of hydrogen-bond acceptors (Lipinski definition) is 3. The van der Waals surface area contributed by atoms with Crippen LogP contribution < -0.4 is 9.47 Å². The Morgan fingerprint density at radius 2 is 2.00 bits per heavy atom. The van der Waals surface area contributed by atoms with Gasteiger partial charge in [0.25, 0.3) is 0 Å². The highest BCUT2D eigenvalue weighted by atomic mass is 16.5. The Hall–Kier alpha value is -1.69. The molecule has 0 saturated heterocycles. The molecule has 0 N–H and O–H groups in total. The lowest BCUT2D eigenvalue weighted by molar-refractivity contribution is 0.352. The Balaban J connectivity index is 3.38. The quantitative estimate of drug-likeness (QED) is 0.735. The van der Waals surface area contributed by atoms with Gasteiger partial charge >= 0.3 is 0 Å². The monoisotopic (exact) mass is 191 g/mol. The van der Waals surface area contributed by atoms with E-state index in [0.717, 1.165) is 12.0 Å². The average Bonchev–Trinajstić information content (AvgIpc) is 2.26. The van der Waals surface area contributed by atoms with Crippen LogP contribution in [-0.4, -0.2) is 14.2 Å². The summed E-state index contributed by atoms with van der Waals surface area (Å²) in [6.07, 6.45) is 0.753. The van der Waals surface area contributed by atoms with Crippen LogP contribution in [0.2, 0.25) is 0 Å². The second-order valence-corrected chi connectivity index (χ2v) is 2.79. The van der Waals surface area contributed by atoms with Gasteiger partial charge in [0, 0.05) is 5.56 Å². The predicted octanol–water partition coefficient (Wildman–Crippen LogP) is 2.14. The van der Waals surface area contributed by atoms with Crippen LogP contribution in [0.1, 0.15) is 18.1 Å². The molecule has 0 fully saturated rings. The van der Waals surface area contributed by atoms with Crippen molar-refractivity contribution in [2.24, 2.45) is 0 Å². The normalized spacial score (nSPS) is 9.29. The summed E-state index contributed by atoms with van der Waals surface area (Å²) < 4.78 is 10.4. The SMILES string of the molecule is CCc1c(C#N)ccc(OC)c1OC. The number of hydrogen-bond donors (Lipinski definition) is 0. The second-order valence-electron chi connectivity index (χ2n) is 2.79. The number of nitriles is 1. The van der Waals surface area contributed by atoms with Gasteiger partial charge in [-0.05, 0) is 18.6 Å². The van der Waals surface area contributed by atoms with Crippen LogP contribution in [0.15, 0.2) is 12.1 Å². The van der Waals surface area contributed by atoms with Gasteiger partial charge in [-0.15, -0.1) is 0 Å². The highest BCUT2D eigenvalue weighted by Gasteiger charge is 2.12. The summed E-state index contributed by atoms with van der Waals surface area (Å²) in [6, 6.07) is 5.63. The molecule has 0 radical (unpaired) electrons. The maximum Gasteiger partial charge on any atom is 0.165 e. The van der Waals surface area contributed by atoms with Crippen molar-refractivity contribution in [3.63, 3.8) is 0 Å². The topological polar surface area (TPSA) is 42.2 Å². The number of rotatable bonds is 3. The van der Waals surface area contributed by atoms with E-state index in [1.165, 1.54) is 0 Å². The van der Waals surface area contributed by atoms with Gasteiger partial charge in [-0.25, -0.2) is 0 Å². The third-order valence-electron chi connectivity index (χ3n) is 2.12. The first-order chi connectivity index (χ1) is 6.78. The van der Waals surface area contributed by atoms with Crippen molar-refractivity contribution < 1.29 is 9.47 Å². The minimum atomic E-state index is 0.644. The molecule has 1 rings (SSSR count). The van der Waals surface area contributed by atoms with Crippen LogP contribution >= 0.6 is 0 Å². The molecule has 14 heavy (non-hydrogen) atoms. The molecule has 0 aromatic heterocycles. The first-order valence-electron chi connectivity index (χ1n) is 4.42. The fourth-order valence-corrected chi connectivity index (χ4v) is 1.45. The van der Waals surface area contributed by atoms with E-state index >= 15 is 0 Å². The van der Waals surface area contributed by atoms with E-state index in [9.17, 15) is 0 Å². The molecule has 0 amide bonds. The summed E-state index contributed by atoms with van der Waals surface area (Å²) in [5, 5.41) is 8.89. The molecule has 0 saturated carbocycles. The molecule has 0 aliphatic heterocycles. The molecule has 0 bridgehead atoms. The van der Waals surface area contributed by atoms with Crippen molar-refractivity contribution in [1.82, 2.24) is 0 Å². The molecule has 0 atom stereocenters. The summed E-state index contributed by atoms with van der Waals surface area (Å²) in [7, 11) is 3.17. The zero-order valence-corrected chi connectivity index (χ0v) is 8.63. The van der Waals surface area contributed by atoms with Gasteiger partial charge in [0.05, 0.1) is 25.9 Å². The molecular weight excluding hydrogens is 178 g/mol. The molecule has 3 heteroatoms. The molecular formula is C11H13NO2. The Kier molecular flexibility index (Phi) is 3.35. The number of nitrogens with zero attached hydrogens (tertiary/aromatic N) is 1. The van der Waals surface area contributed by atoms with E-state index in [0.29, 0.717) is 17.1 Å². The van der Waals surface area contributed by atoms with Crippen LogP contribution in [-0.2, 0) is 6.42 Å². The molecule has 1 aromatic rings. The number of benzene rings is 1. The van der Waals surface area contributed by atoms with E-state index in [1.54, 1.807) is 26.4 Å². The first-order valence-corrected chi connectivity index (χ1v) is 4.42. The molecule has 0 heterocycles. The van der Waals surface area contributed by atoms with Crippen LogP contribution in [0.3, 0.4) is 0 Å². The zero-order valence-electron chi connectivity index (χ0n) is 8.63. The predicted molar refractivity (Wildman–Crippen MR) is 53.6 cm³/mol. The summed E-state index contributed by atoms with van der Waals surface area (Å²) >= 11 is 0. The first kappa shape index (κ1) is 10.4. The largest absolute Gasteiger partial charge is 0.493 e. The van der Waals surface area contributed by atoms with Crippen LogP contribution in [0.25, 0.3) is 0 Å². The van der Waals surface area contributed by atoms with E-state index in [4.69, 9.17) is 14.7 Å². The molecule has 0 aliphatic carbocycles. The van der Waals surface area contributed by atoms with Gasteiger partial charge in [0.2, 0.25) is 0 Å². The second kappa shape index (κ2) is 4.52. The number of ether oxygens (including phenoxy) is 2. The maximum atomic E-state index is 8.89. The summed E-state index contributed by atoms with van der Waals surface area (Å²) in [6.45, 7) is 1.98. The smallest absolute Gasteiger partial charge is 0.165 e. The lowest BCUT2D eigenvalue weighted by atomic mass is 10.0. The number of methoxy groups -OCH3 is 2. The standard InChI is InChI=1S/C11H13NO2/c1-4-9-8(7-12)5-6-10(13-2)11(9)14-3/h5-6H,4H2,1-3H3. The third-order valence-corrected chi connectivity index (χ3v) is 2.12. The maximum absolute atomic E-state index is 8.89.